The fourth-order valence-electron chi connectivity index (χ4n) is 1.89. The summed E-state index contributed by atoms with van der Waals surface area (Å²) in [5.74, 6) is 0. The topological polar surface area (TPSA) is 141 Å². The van der Waals surface area contributed by atoms with Crippen LogP contribution in [0.4, 0.5) is 0 Å². The Balaban J connectivity index is 0. The number of hydrogen-bond donors (Lipinski definition) is 5. The Hall–Kier alpha value is 0.260. The third-order valence-electron chi connectivity index (χ3n) is 3.24. The van der Waals surface area contributed by atoms with Gasteiger partial charge in [0.25, 0.3) is 0 Å². The van der Waals surface area contributed by atoms with E-state index in [0.29, 0.717) is 0 Å². The van der Waals surface area contributed by atoms with Crippen molar-refractivity contribution in [3.63, 3.8) is 0 Å². The Kier molecular flexibility index (Phi) is 17.5. The minimum atomic E-state index is -4.25. The Morgan fingerprint density at radius 2 is 0.957 bits per heavy atom. The Labute approximate surface area is 140 Å². The van der Waals surface area contributed by atoms with Gasteiger partial charge in [0.15, 0.2) is 0 Å². The molecule has 0 rings (SSSR count). The van der Waals surface area contributed by atoms with E-state index < -0.39 is 27.5 Å². The first-order chi connectivity index (χ1) is 10.6. The van der Waals surface area contributed by atoms with E-state index in [-0.39, 0.29) is 0 Å². The predicted octanol–water partition coefficient (Wildman–Crippen LogP) is 3.21. The van der Waals surface area contributed by atoms with Crippen molar-refractivity contribution in [1.82, 2.24) is 0 Å². The van der Waals surface area contributed by atoms with Crippen LogP contribution in [0.25, 0.3) is 0 Å². The minimum Gasteiger partial charge on any atom is -0.330 e. The average Bonchev–Trinajstić information content (AvgIpc) is 2.43. The van der Waals surface area contributed by atoms with Crippen molar-refractivity contribution >= 4 is 15.2 Å². The van der Waals surface area contributed by atoms with Gasteiger partial charge in [-0.05, 0) is 13.0 Å². The van der Waals surface area contributed by atoms with E-state index in [9.17, 15) is 9.13 Å². The molecule has 0 unspecified atom stereocenters. The smallest absolute Gasteiger partial charge is 0.326 e. The largest absolute Gasteiger partial charge is 0.330 e. The molecule has 0 radical (unpaired) electrons. The molecule has 0 atom stereocenters. The Morgan fingerprint density at radius 1 is 0.652 bits per heavy atom. The standard InChI is InChI=1S/C12H27N.C2H8O6P2/c1-2-3-4-5-6-7-8-9-10-11-12-13;3-9(4,5)1-2-10(6,7)8/h2-13H2,1H3;1-2H2,(H2,3,4,5)(H2,6,7,8). The minimum absolute atomic E-state index is 0.767. The first kappa shape index (κ1) is 25.5. The molecule has 9 heteroatoms. The summed E-state index contributed by atoms with van der Waals surface area (Å²) in [7, 11) is -8.51. The lowest BCUT2D eigenvalue weighted by Crippen LogP contribution is -1.97. The van der Waals surface area contributed by atoms with Gasteiger partial charge in [0.2, 0.25) is 0 Å². The second-order valence-electron chi connectivity index (χ2n) is 5.75. The summed E-state index contributed by atoms with van der Waals surface area (Å²) in [6.45, 7) is 3.14. The summed E-state index contributed by atoms with van der Waals surface area (Å²) in [5.41, 5.74) is 5.42. The molecule has 0 aliphatic heterocycles. The zero-order chi connectivity index (χ0) is 18.2. The van der Waals surface area contributed by atoms with Crippen LogP contribution in [-0.2, 0) is 9.13 Å². The first-order valence-corrected chi connectivity index (χ1v) is 12.0. The molecule has 0 heterocycles. The third kappa shape index (κ3) is 30.7. The molecule has 23 heavy (non-hydrogen) atoms. The lowest BCUT2D eigenvalue weighted by atomic mass is 10.1. The van der Waals surface area contributed by atoms with Gasteiger partial charge in [-0.2, -0.15) is 0 Å². The normalized spacial score (nSPS) is 11.9. The van der Waals surface area contributed by atoms with Gasteiger partial charge in [-0.15, -0.1) is 0 Å². The van der Waals surface area contributed by atoms with Crippen LogP contribution >= 0.6 is 15.2 Å². The highest BCUT2D eigenvalue weighted by Gasteiger charge is 2.20. The van der Waals surface area contributed by atoms with Crippen LogP contribution in [0.1, 0.15) is 71.1 Å². The molecule has 6 N–H and O–H groups in total. The van der Waals surface area contributed by atoms with E-state index in [1.165, 1.54) is 64.2 Å². The van der Waals surface area contributed by atoms with Gasteiger partial charge >= 0.3 is 15.2 Å². The third-order valence-corrected chi connectivity index (χ3v) is 5.21. The lowest BCUT2D eigenvalue weighted by Gasteiger charge is -2.03. The molecule has 0 aromatic carbocycles. The average molecular weight is 375 g/mol. The molecule has 0 bridgehead atoms. The number of unbranched alkanes of at least 4 members (excludes halogenated alkanes) is 9. The molecule has 0 aliphatic rings. The van der Waals surface area contributed by atoms with Crippen molar-refractivity contribution in [1.29, 1.82) is 0 Å². The van der Waals surface area contributed by atoms with E-state index >= 15 is 0 Å². The van der Waals surface area contributed by atoms with Crippen LogP contribution in [0.5, 0.6) is 0 Å². The summed E-state index contributed by atoms with van der Waals surface area (Å²) in [5, 5.41) is 0. The zero-order valence-electron chi connectivity index (χ0n) is 14.3. The maximum atomic E-state index is 10.0. The summed E-state index contributed by atoms with van der Waals surface area (Å²) >= 11 is 0. The van der Waals surface area contributed by atoms with Crippen LogP contribution in [0.15, 0.2) is 0 Å². The number of hydrogen-bond acceptors (Lipinski definition) is 3. The quantitative estimate of drug-likeness (QED) is 0.246. The van der Waals surface area contributed by atoms with Crippen molar-refractivity contribution in [2.24, 2.45) is 5.73 Å². The van der Waals surface area contributed by atoms with Crippen molar-refractivity contribution in [3.8, 4) is 0 Å². The van der Waals surface area contributed by atoms with Crippen molar-refractivity contribution < 1.29 is 28.7 Å². The van der Waals surface area contributed by atoms with Gasteiger partial charge in [0.1, 0.15) is 0 Å². The maximum Gasteiger partial charge on any atom is 0.326 e. The lowest BCUT2D eigenvalue weighted by molar-refractivity contribution is 0.360. The molecule has 0 amide bonds. The fourth-order valence-corrected chi connectivity index (χ4v) is 3.98. The van der Waals surface area contributed by atoms with Crippen LogP contribution in [0.2, 0.25) is 0 Å². The fraction of sp³-hybridized carbons (Fsp3) is 1.00. The molecule has 0 spiro atoms. The van der Waals surface area contributed by atoms with Crippen LogP contribution in [0, 0.1) is 0 Å². The van der Waals surface area contributed by atoms with E-state index in [1.54, 1.807) is 0 Å². The van der Waals surface area contributed by atoms with Crippen LogP contribution in [-0.4, -0.2) is 38.4 Å². The molecule has 0 aliphatic carbocycles. The van der Waals surface area contributed by atoms with Crippen molar-refractivity contribution in [2.45, 2.75) is 71.1 Å². The summed E-state index contributed by atoms with van der Waals surface area (Å²) in [4.78, 5) is 32.6. The first-order valence-electron chi connectivity index (χ1n) is 8.41. The van der Waals surface area contributed by atoms with Gasteiger partial charge in [-0.25, -0.2) is 0 Å². The molecule has 142 valence electrons. The molecule has 0 aromatic heterocycles. The highest BCUT2D eigenvalue weighted by molar-refractivity contribution is 7.56. The van der Waals surface area contributed by atoms with Crippen LogP contribution in [0.3, 0.4) is 0 Å². The molecular weight excluding hydrogens is 340 g/mol. The van der Waals surface area contributed by atoms with E-state index in [2.05, 4.69) is 6.92 Å². The van der Waals surface area contributed by atoms with Crippen molar-refractivity contribution in [2.75, 3.05) is 18.9 Å². The molecule has 0 saturated heterocycles. The van der Waals surface area contributed by atoms with Gasteiger partial charge < -0.3 is 25.3 Å². The molecule has 0 saturated carbocycles. The predicted molar refractivity (Wildman–Crippen MR) is 94.7 cm³/mol. The molecule has 7 nitrogen and oxygen atoms in total. The highest BCUT2D eigenvalue weighted by Crippen LogP contribution is 2.42. The van der Waals surface area contributed by atoms with E-state index in [0.717, 1.165) is 6.54 Å². The van der Waals surface area contributed by atoms with E-state index in [4.69, 9.17) is 25.3 Å². The summed E-state index contributed by atoms with van der Waals surface area (Å²) in [6, 6.07) is 0. The molecule has 0 aromatic rings. The molecular formula is C14H35NO6P2. The molecule has 0 fully saturated rings. The number of rotatable bonds is 13. The Morgan fingerprint density at radius 3 is 1.22 bits per heavy atom. The maximum absolute atomic E-state index is 10.0. The van der Waals surface area contributed by atoms with E-state index in [1.807, 2.05) is 0 Å². The van der Waals surface area contributed by atoms with Crippen molar-refractivity contribution in [3.05, 3.63) is 0 Å². The Bertz CT molecular complexity index is 310. The highest BCUT2D eigenvalue weighted by atomic mass is 31.2. The van der Waals surface area contributed by atoms with Gasteiger partial charge in [-0.3, -0.25) is 9.13 Å². The van der Waals surface area contributed by atoms with Crippen LogP contribution < -0.4 is 5.73 Å². The van der Waals surface area contributed by atoms with Gasteiger partial charge in [0.05, 0.1) is 12.3 Å². The summed E-state index contributed by atoms with van der Waals surface area (Å²) < 4.78 is 20.1. The summed E-state index contributed by atoms with van der Waals surface area (Å²) in [6.07, 6.45) is 12.4. The monoisotopic (exact) mass is 375 g/mol. The van der Waals surface area contributed by atoms with Gasteiger partial charge in [0, 0.05) is 0 Å². The number of nitrogens with two attached hydrogens (primary N) is 1. The SMILES string of the molecule is CCCCCCCCCCCCN.O=P(O)(O)CCP(=O)(O)O. The second-order valence-corrected chi connectivity index (χ2v) is 9.30. The van der Waals surface area contributed by atoms with Gasteiger partial charge in [-0.1, -0.05) is 64.7 Å². The second kappa shape index (κ2) is 15.8. The zero-order valence-corrected chi connectivity index (χ0v) is 16.1.